The molecule has 96 valence electrons. The summed E-state index contributed by atoms with van der Waals surface area (Å²) in [5.41, 5.74) is 0.0304. The van der Waals surface area contributed by atoms with E-state index >= 15 is 0 Å². The van der Waals surface area contributed by atoms with Gasteiger partial charge in [-0.15, -0.1) is 0 Å². The molecule has 0 amide bonds. The summed E-state index contributed by atoms with van der Waals surface area (Å²) in [5, 5.41) is 0.687. The van der Waals surface area contributed by atoms with Crippen molar-refractivity contribution in [2.45, 2.75) is 33.1 Å². The first-order valence-corrected chi connectivity index (χ1v) is 8.41. The maximum atomic E-state index is 12.7. The molecule has 0 fully saturated rings. The summed E-state index contributed by atoms with van der Waals surface area (Å²) in [7, 11) is -2.22. The quantitative estimate of drug-likeness (QED) is 0.758. The van der Waals surface area contributed by atoms with Gasteiger partial charge in [-0.1, -0.05) is 11.6 Å². The lowest BCUT2D eigenvalue weighted by molar-refractivity contribution is -0.137. The molecule has 1 nitrogen and oxygen atoms in total. The minimum absolute atomic E-state index is 0.522. The number of hydrogen-bond acceptors (Lipinski definition) is 1. The van der Waals surface area contributed by atoms with Crippen LogP contribution in [0, 0.1) is 6.92 Å². The normalized spacial score (nSPS) is 12.9. The molecule has 5 heteroatoms. The molecule has 17 heavy (non-hydrogen) atoms. The third kappa shape index (κ3) is 3.57. The molecule has 0 aliphatic rings. The Kier molecular flexibility index (Phi) is 4.04. The summed E-state index contributed by atoms with van der Waals surface area (Å²) in [4.78, 5) is 0. The SMILES string of the molecule is CCO[Si](C)(C)c1cc(C)cc(C(F)(F)F)c1. The molecule has 0 spiro atoms. The highest BCUT2D eigenvalue weighted by Crippen LogP contribution is 2.29. The number of halogens is 3. The first-order valence-electron chi connectivity index (χ1n) is 5.50. The van der Waals surface area contributed by atoms with Crippen LogP contribution in [-0.2, 0) is 10.6 Å². The van der Waals surface area contributed by atoms with Crippen LogP contribution in [-0.4, -0.2) is 14.9 Å². The second-order valence-corrected chi connectivity index (χ2v) is 8.42. The number of benzene rings is 1. The van der Waals surface area contributed by atoms with Gasteiger partial charge in [-0.2, -0.15) is 13.2 Å². The van der Waals surface area contributed by atoms with Crippen molar-refractivity contribution in [1.29, 1.82) is 0 Å². The average Bonchev–Trinajstić information content (AvgIpc) is 2.15. The highest BCUT2D eigenvalue weighted by molar-refractivity contribution is 6.84. The molecule has 0 aliphatic carbocycles. The summed E-state index contributed by atoms with van der Waals surface area (Å²) in [6.07, 6.45) is -4.29. The van der Waals surface area contributed by atoms with Gasteiger partial charge < -0.3 is 4.43 Å². The molecule has 0 radical (unpaired) electrons. The van der Waals surface area contributed by atoms with E-state index < -0.39 is 20.1 Å². The summed E-state index contributed by atoms with van der Waals surface area (Å²) < 4.78 is 43.7. The van der Waals surface area contributed by atoms with E-state index in [-0.39, 0.29) is 0 Å². The van der Waals surface area contributed by atoms with Gasteiger partial charge in [0.15, 0.2) is 0 Å². The minimum Gasteiger partial charge on any atom is -0.413 e. The van der Waals surface area contributed by atoms with Gasteiger partial charge in [0.2, 0.25) is 8.32 Å². The molecule has 0 heterocycles. The molecular formula is C12H17F3OSi. The van der Waals surface area contributed by atoms with Crippen LogP contribution in [0.4, 0.5) is 13.2 Å². The first kappa shape index (κ1) is 14.2. The predicted molar refractivity (Wildman–Crippen MR) is 64.9 cm³/mol. The molecule has 1 aromatic carbocycles. The maximum absolute atomic E-state index is 12.7. The third-order valence-corrected chi connectivity index (χ3v) is 5.29. The van der Waals surface area contributed by atoms with Gasteiger partial charge in [0.05, 0.1) is 5.56 Å². The fourth-order valence-electron chi connectivity index (χ4n) is 1.74. The molecule has 1 aromatic rings. The fourth-order valence-corrected chi connectivity index (χ4v) is 3.71. The Balaban J connectivity index is 3.23. The smallest absolute Gasteiger partial charge is 0.413 e. The maximum Gasteiger partial charge on any atom is 0.416 e. The Hall–Kier alpha value is -0.813. The van der Waals surface area contributed by atoms with Crippen molar-refractivity contribution in [1.82, 2.24) is 0 Å². The van der Waals surface area contributed by atoms with E-state index in [1.54, 1.807) is 13.0 Å². The van der Waals surface area contributed by atoms with Gasteiger partial charge in [-0.3, -0.25) is 0 Å². The Labute approximate surface area is 101 Å². The molecule has 0 bridgehead atoms. The predicted octanol–water partition coefficient (Wildman–Crippen LogP) is 3.46. The van der Waals surface area contributed by atoms with Crippen molar-refractivity contribution >= 4 is 13.5 Å². The van der Waals surface area contributed by atoms with Gasteiger partial charge >= 0.3 is 6.18 Å². The van der Waals surface area contributed by atoms with E-state index in [2.05, 4.69) is 0 Å². The Morgan fingerprint density at radius 3 is 2.24 bits per heavy atom. The molecule has 1 rings (SSSR count). The molecule has 0 unspecified atom stereocenters. The van der Waals surface area contributed by atoms with Crippen LogP contribution < -0.4 is 5.19 Å². The molecule has 0 aromatic heterocycles. The van der Waals surface area contributed by atoms with Gasteiger partial charge in [-0.05, 0) is 44.3 Å². The van der Waals surface area contributed by atoms with E-state index in [9.17, 15) is 13.2 Å². The zero-order chi connectivity index (χ0) is 13.3. The molecule has 0 saturated carbocycles. The van der Waals surface area contributed by atoms with E-state index in [4.69, 9.17) is 4.43 Å². The van der Waals surface area contributed by atoms with E-state index in [0.29, 0.717) is 17.4 Å². The first-order chi connectivity index (χ1) is 7.66. The van der Waals surface area contributed by atoms with Crippen LogP contribution in [0.1, 0.15) is 18.1 Å². The van der Waals surface area contributed by atoms with E-state index in [1.165, 1.54) is 12.1 Å². The fraction of sp³-hybridized carbons (Fsp3) is 0.500. The molecule has 0 N–H and O–H groups in total. The van der Waals surface area contributed by atoms with Gasteiger partial charge in [0, 0.05) is 6.61 Å². The lowest BCUT2D eigenvalue weighted by Gasteiger charge is -2.24. The van der Waals surface area contributed by atoms with Crippen molar-refractivity contribution in [3.63, 3.8) is 0 Å². The van der Waals surface area contributed by atoms with E-state index in [1.807, 2.05) is 20.0 Å². The third-order valence-electron chi connectivity index (χ3n) is 2.61. The lowest BCUT2D eigenvalue weighted by atomic mass is 10.1. The Morgan fingerprint density at radius 1 is 1.18 bits per heavy atom. The molecule has 0 aliphatic heterocycles. The van der Waals surface area contributed by atoms with Crippen molar-refractivity contribution in [2.24, 2.45) is 0 Å². The molecule has 0 saturated heterocycles. The zero-order valence-electron chi connectivity index (χ0n) is 10.5. The standard InChI is InChI=1S/C12H17F3OSi/c1-5-16-17(3,4)11-7-9(2)6-10(8-11)12(13,14)15/h6-8H,5H2,1-4H3. The summed E-state index contributed by atoms with van der Waals surface area (Å²) in [5.74, 6) is 0. The average molecular weight is 262 g/mol. The van der Waals surface area contributed by atoms with Gasteiger partial charge in [0.1, 0.15) is 0 Å². The van der Waals surface area contributed by atoms with Crippen molar-refractivity contribution in [2.75, 3.05) is 6.61 Å². The van der Waals surface area contributed by atoms with E-state index in [0.717, 1.165) is 0 Å². The highest BCUT2D eigenvalue weighted by Gasteiger charge is 2.33. The van der Waals surface area contributed by atoms with Crippen molar-refractivity contribution in [3.05, 3.63) is 29.3 Å². The number of alkyl halides is 3. The minimum atomic E-state index is -4.29. The number of hydrogen-bond donors (Lipinski definition) is 0. The second kappa shape index (κ2) is 4.82. The summed E-state index contributed by atoms with van der Waals surface area (Å²) >= 11 is 0. The van der Waals surface area contributed by atoms with Crippen LogP contribution >= 0.6 is 0 Å². The largest absolute Gasteiger partial charge is 0.416 e. The molecule has 0 atom stereocenters. The number of aryl methyl sites for hydroxylation is 1. The summed E-state index contributed by atoms with van der Waals surface area (Å²) in [6, 6.07) is 4.17. The highest BCUT2D eigenvalue weighted by atomic mass is 28.4. The van der Waals surface area contributed by atoms with Crippen LogP contribution in [0.15, 0.2) is 18.2 Å². The van der Waals surface area contributed by atoms with Crippen LogP contribution in [0.3, 0.4) is 0 Å². The van der Waals surface area contributed by atoms with Crippen LogP contribution in [0.2, 0.25) is 13.1 Å². The summed E-state index contributed by atoms with van der Waals surface area (Å²) in [6.45, 7) is 7.87. The van der Waals surface area contributed by atoms with Crippen LogP contribution in [0.5, 0.6) is 0 Å². The lowest BCUT2D eigenvalue weighted by Crippen LogP contribution is -2.45. The van der Waals surface area contributed by atoms with Gasteiger partial charge in [-0.25, -0.2) is 0 Å². The molecular weight excluding hydrogens is 245 g/mol. The Bertz CT molecular complexity index is 399. The van der Waals surface area contributed by atoms with Crippen molar-refractivity contribution < 1.29 is 17.6 Å². The van der Waals surface area contributed by atoms with Crippen molar-refractivity contribution in [3.8, 4) is 0 Å². The van der Waals surface area contributed by atoms with Gasteiger partial charge in [0.25, 0.3) is 0 Å². The number of rotatable bonds is 3. The topological polar surface area (TPSA) is 9.23 Å². The monoisotopic (exact) mass is 262 g/mol. The Morgan fingerprint density at radius 2 is 1.76 bits per heavy atom. The second-order valence-electron chi connectivity index (χ2n) is 4.53. The zero-order valence-corrected chi connectivity index (χ0v) is 11.5. The van der Waals surface area contributed by atoms with Crippen LogP contribution in [0.25, 0.3) is 0 Å².